The zero-order valence-electron chi connectivity index (χ0n) is 8.43. The summed E-state index contributed by atoms with van der Waals surface area (Å²) in [4.78, 5) is 19.6. The van der Waals surface area contributed by atoms with Crippen molar-refractivity contribution in [3.05, 3.63) is 59.1 Å². The first-order valence-corrected chi connectivity index (χ1v) is 5.19. The van der Waals surface area contributed by atoms with Gasteiger partial charge in [0.1, 0.15) is 0 Å². The quantitative estimate of drug-likeness (QED) is 0.603. The number of ketones is 1. The van der Waals surface area contributed by atoms with Crippen LogP contribution in [-0.4, -0.2) is 15.8 Å². The van der Waals surface area contributed by atoms with Crippen LogP contribution in [0.15, 0.2) is 42.6 Å². The lowest BCUT2D eigenvalue weighted by molar-refractivity contribution is 0.0992. The lowest BCUT2D eigenvalue weighted by Crippen LogP contribution is -2.05. The molecule has 0 N–H and O–H groups in total. The number of Topliss-reactive ketones (excluding diaryl/α,β-unsaturated/α-hetero) is 1. The minimum atomic E-state index is 0.0235. The zero-order chi connectivity index (χ0) is 11.4. The van der Waals surface area contributed by atoms with Crippen LogP contribution in [0.5, 0.6) is 0 Å². The van der Waals surface area contributed by atoms with Gasteiger partial charge in [0.05, 0.1) is 12.1 Å². The van der Waals surface area contributed by atoms with E-state index in [2.05, 4.69) is 9.97 Å². The molecular weight excluding hydrogens is 224 g/mol. The molecule has 0 aliphatic rings. The summed E-state index contributed by atoms with van der Waals surface area (Å²) in [5.41, 5.74) is 1.31. The van der Waals surface area contributed by atoms with Gasteiger partial charge in [-0.25, -0.2) is 9.97 Å². The van der Waals surface area contributed by atoms with Gasteiger partial charge in [0.25, 0.3) is 0 Å². The van der Waals surface area contributed by atoms with Gasteiger partial charge < -0.3 is 0 Å². The van der Waals surface area contributed by atoms with E-state index in [9.17, 15) is 4.79 Å². The smallest absolute Gasteiger partial charge is 0.222 e. The maximum absolute atomic E-state index is 11.8. The second-order valence-electron chi connectivity index (χ2n) is 3.28. The third kappa shape index (κ3) is 2.64. The molecule has 0 aliphatic carbocycles. The van der Waals surface area contributed by atoms with Gasteiger partial charge in [-0.05, 0) is 17.7 Å². The Balaban J connectivity index is 2.14. The SMILES string of the molecule is O=C(Cc1ccnc(Cl)n1)c1ccccc1. The first-order chi connectivity index (χ1) is 7.75. The zero-order valence-corrected chi connectivity index (χ0v) is 9.19. The fourth-order valence-electron chi connectivity index (χ4n) is 1.36. The molecule has 0 spiro atoms. The van der Waals surface area contributed by atoms with Crippen molar-refractivity contribution in [2.45, 2.75) is 6.42 Å². The van der Waals surface area contributed by atoms with Gasteiger partial charge in [0.2, 0.25) is 5.28 Å². The molecule has 0 radical (unpaired) electrons. The summed E-state index contributed by atoms with van der Waals surface area (Å²) in [6.45, 7) is 0. The molecule has 2 aromatic rings. The number of carbonyl (C=O) groups excluding carboxylic acids is 1. The van der Waals surface area contributed by atoms with Crippen LogP contribution in [0.4, 0.5) is 0 Å². The predicted molar refractivity (Wildman–Crippen MR) is 61.5 cm³/mol. The van der Waals surface area contributed by atoms with E-state index < -0.39 is 0 Å². The second kappa shape index (κ2) is 4.86. The monoisotopic (exact) mass is 232 g/mol. The largest absolute Gasteiger partial charge is 0.294 e. The van der Waals surface area contributed by atoms with Crippen molar-refractivity contribution in [2.75, 3.05) is 0 Å². The molecular formula is C12H9ClN2O. The highest BCUT2D eigenvalue weighted by Gasteiger charge is 2.07. The summed E-state index contributed by atoms with van der Waals surface area (Å²) in [6.07, 6.45) is 1.79. The van der Waals surface area contributed by atoms with Crippen LogP contribution < -0.4 is 0 Å². The van der Waals surface area contributed by atoms with Crippen molar-refractivity contribution in [3.8, 4) is 0 Å². The molecule has 0 amide bonds. The molecule has 0 aliphatic heterocycles. The summed E-state index contributed by atoms with van der Waals surface area (Å²) in [5.74, 6) is 0.0235. The van der Waals surface area contributed by atoms with Gasteiger partial charge in [-0.15, -0.1) is 0 Å². The van der Waals surface area contributed by atoms with Crippen LogP contribution in [0, 0.1) is 0 Å². The highest BCUT2D eigenvalue weighted by Crippen LogP contribution is 2.07. The van der Waals surface area contributed by atoms with Gasteiger partial charge in [0.15, 0.2) is 5.78 Å². The molecule has 2 rings (SSSR count). The normalized spacial score (nSPS) is 10.1. The highest BCUT2D eigenvalue weighted by atomic mass is 35.5. The van der Waals surface area contributed by atoms with Crippen LogP contribution >= 0.6 is 11.6 Å². The number of nitrogens with zero attached hydrogens (tertiary/aromatic N) is 2. The maximum Gasteiger partial charge on any atom is 0.222 e. The van der Waals surface area contributed by atoms with Crippen molar-refractivity contribution in [3.63, 3.8) is 0 Å². The van der Waals surface area contributed by atoms with E-state index in [4.69, 9.17) is 11.6 Å². The van der Waals surface area contributed by atoms with Crippen LogP contribution in [0.25, 0.3) is 0 Å². The van der Waals surface area contributed by atoms with Crippen LogP contribution in [-0.2, 0) is 6.42 Å². The molecule has 16 heavy (non-hydrogen) atoms. The molecule has 0 fully saturated rings. The van der Waals surface area contributed by atoms with Crippen molar-refractivity contribution in [2.24, 2.45) is 0 Å². The Bertz CT molecular complexity index is 499. The van der Waals surface area contributed by atoms with Gasteiger partial charge in [-0.2, -0.15) is 0 Å². The van der Waals surface area contributed by atoms with Crippen molar-refractivity contribution in [1.29, 1.82) is 0 Å². The molecule has 0 saturated heterocycles. The van der Waals surface area contributed by atoms with E-state index in [0.29, 0.717) is 11.3 Å². The summed E-state index contributed by atoms with van der Waals surface area (Å²) >= 11 is 5.64. The third-order valence-corrected chi connectivity index (χ3v) is 2.30. The van der Waals surface area contributed by atoms with Gasteiger partial charge in [0, 0.05) is 11.8 Å². The summed E-state index contributed by atoms with van der Waals surface area (Å²) < 4.78 is 0. The average Bonchev–Trinajstić information content (AvgIpc) is 2.30. The number of benzene rings is 1. The fraction of sp³-hybridized carbons (Fsp3) is 0.0833. The average molecular weight is 233 g/mol. The first kappa shape index (κ1) is 10.8. The van der Waals surface area contributed by atoms with E-state index in [1.807, 2.05) is 18.2 Å². The second-order valence-corrected chi connectivity index (χ2v) is 3.62. The molecule has 80 valence electrons. The van der Waals surface area contributed by atoms with Gasteiger partial charge in [-0.1, -0.05) is 30.3 Å². The third-order valence-electron chi connectivity index (χ3n) is 2.12. The van der Waals surface area contributed by atoms with Crippen molar-refractivity contribution < 1.29 is 4.79 Å². The Morgan fingerprint density at radius 1 is 1.19 bits per heavy atom. The molecule has 0 atom stereocenters. The van der Waals surface area contributed by atoms with Crippen LogP contribution in [0.3, 0.4) is 0 Å². The van der Waals surface area contributed by atoms with E-state index >= 15 is 0 Å². The predicted octanol–water partition coefficient (Wildman–Crippen LogP) is 2.56. The van der Waals surface area contributed by atoms with Crippen molar-refractivity contribution in [1.82, 2.24) is 9.97 Å². The molecule has 1 aromatic heterocycles. The molecule has 0 saturated carbocycles. The minimum Gasteiger partial charge on any atom is -0.294 e. The molecule has 3 nitrogen and oxygen atoms in total. The highest BCUT2D eigenvalue weighted by molar-refractivity contribution is 6.28. The molecule has 0 unspecified atom stereocenters. The van der Waals surface area contributed by atoms with E-state index in [1.54, 1.807) is 24.4 Å². The van der Waals surface area contributed by atoms with E-state index in [-0.39, 0.29) is 17.5 Å². The minimum absolute atomic E-state index is 0.0235. The molecule has 1 heterocycles. The Kier molecular flexibility index (Phi) is 3.27. The Labute approximate surface area is 98.1 Å². The van der Waals surface area contributed by atoms with E-state index in [0.717, 1.165) is 0 Å². The number of rotatable bonds is 3. The number of aromatic nitrogens is 2. The lowest BCUT2D eigenvalue weighted by Gasteiger charge is -2.00. The maximum atomic E-state index is 11.8. The Hall–Kier alpha value is -1.74. The van der Waals surface area contributed by atoms with Gasteiger partial charge >= 0.3 is 0 Å². The molecule has 4 heteroatoms. The molecule has 1 aromatic carbocycles. The molecule has 0 bridgehead atoms. The van der Waals surface area contributed by atoms with Crippen molar-refractivity contribution >= 4 is 17.4 Å². The van der Waals surface area contributed by atoms with Crippen LogP contribution in [0.1, 0.15) is 16.1 Å². The number of halogens is 1. The topological polar surface area (TPSA) is 42.9 Å². The summed E-state index contributed by atoms with van der Waals surface area (Å²) in [5, 5.41) is 0.165. The Morgan fingerprint density at radius 3 is 2.62 bits per heavy atom. The number of carbonyl (C=O) groups is 1. The lowest BCUT2D eigenvalue weighted by atomic mass is 10.1. The number of hydrogen-bond donors (Lipinski definition) is 0. The number of hydrogen-bond acceptors (Lipinski definition) is 3. The van der Waals surface area contributed by atoms with E-state index in [1.165, 1.54) is 0 Å². The standard InChI is InChI=1S/C12H9ClN2O/c13-12-14-7-6-10(15-12)8-11(16)9-4-2-1-3-5-9/h1-7H,8H2. The Morgan fingerprint density at radius 2 is 1.94 bits per heavy atom. The fourth-order valence-corrected chi connectivity index (χ4v) is 1.52. The summed E-state index contributed by atoms with van der Waals surface area (Å²) in [6, 6.07) is 10.8. The van der Waals surface area contributed by atoms with Gasteiger partial charge in [-0.3, -0.25) is 4.79 Å². The summed E-state index contributed by atoms with van der Waals surface area (Å²) in [7, 11) is 0. The first-order valence-electron chi connectivity index (χ1n) is 4.81. The van der Waals surface area contributed by atoms with Crippen LogP contribution in [0.2, 0.25) is 5.28 Å².